The van der Waals surface area contributed by atoms with Crippen LogP contribution in [0.2, 0.25) is 0 Å². The summed E-state index contributed by atoms with van der Waals surface area (Å²) in [5.74, 6) is 0. The molecular weight excluding hydrogens is 699 g/mol. The molecule has 0 aliphatic heterocycles. The second kappa shape index (κ2) is 13.3. The van der Waals surface area contributed by atoms with E-state index in [4.69, 9.17) is 4.98 Å². The summed E-state index contributed by atoms with van der Waals surface area (Å²) in [4.78, 5) is 5.20. The molecule has 0 fully saturated rings. The van der Waals surface area contributed by atoms with E-state index in [-0.39, 0.29) is 5.41 Å². The lowest BCUT2D eigenvalue weighted by Gasteiger charge is -2.46. The van der Waals surface area contributed by atoms with Crippen LogP contribution in [0.1, 0.15) is 47.2 Å². The summed E-state index contributed by atoms with van der Waals surface area (Å²) in [5, 5.41) is 0. The van der Waals surface area contributed by atoms with Crippen LogP contribution in [-0.4, -0.2) is 4.98 Å². The van der Waals surface area contributed by atoms with Gasteiger partial charge in [0.2, 0.25) is 0 Å². The van der Waals surface area contributed by atoms with Crippen LogP contribution in [0.5, 0.6) is 0 Å². The number of pyridine rings is 1. The van der Waals surface area contributed by atoms with Crippen LogP contribution >= 0.6 is 0 Å². The van der Waals surface area contributed by atoms with Gasteiger partial charge in [-0.05, 0) is 102 Å². The van der Waals surface area contributed by atoms with E-state index in [1.54, 1.807) is 0 Å². The first kappa shape index (κ1) is 34.2. The van der Waals surface area contributed by atoms with Crippen LogP contribution in [0.3, 0.4) is 0 Å². The van der Waals surface area contributed by atoms with E-state index in [1.165, 1.54) is 72.3 Å². The average Bonchev–Trinajstić information content (AvgIpc) is 3.59. The maximum Gasteiger partial charge on any atom is 0.0719 e. The SMILES string of the molecule is CC1(C)c2ccccc2C2(c3ccccc3-c3ccc(-c4ccc(-c5cccc(-c6cc(-c7ccccc7)cc(-c7ccccc7)n6)c5)cc4)cc32)c2ccccc21. The minimum Gasteiger partial charge on any atom is -0.248 e. The molecule has 2 aliphatic carbocycles. The van der Waals surface area contributed by atoms with Crippen molar-refractivity contribution in [2.45, 2.75) is 24.7 Å². The van der Waals surface area contributed by atoms with Gasteiger partial charge in [0.15, 0.2) is 0 Å². The Morgan fingerprint density at radius 1 is 0.276 bits per heavy atom. The van der Waals surface area contributed by atoms with Crippen molar-refractivity contribution in [1.82, 2.24) is 4.98 Å². The predicted octanol–water partition coefficient (Wildman–Crippen LogP) is 14.4. The van der Waals surface area contributed by atoms with Crippen molar-refractivity contribution in [3.05, 3.63) is 246 Å². The molecule has 11 rings (SSSR count). The Balaban J connectivity index is 0.998. The van der Waals surface area contributed by atoms with Gasteiger partial charge in [-0.2, -0.15) is 0 Å². The van der Waals surface area contributed by atoms with Gasteiger partial charge >= 0.3 is 0 Å². The van der Waals surface area contributed by atoms with Crippen molar-refractivity contribution in [2.24, 2.45) is 0 Å². The molecule has 1 heterocycles. The fourth-order valence-electron chi connectivity index (χ4n) is 9.99. The number of aromatic nitrogens is 1. The number of hydrogen-bond donors (Lipinski definition) is 0. The van der Waals surface area contributed by atoms with Crippen LogP contribution in [-0.2, 0) is 10.8 Å². The highest BCUT2D eigenvalue weighted by molar-refractivity contribution is 5.90. The lowest BCUT2D eigenvalue weighted by atomic mass is 9.55. The van der Waals surface area contributed by atoms with Gasteiger partial charge in [-0.3, -0.25) is 0 Å². The largest absolute Gasteiger partial charge is 0.248 e. The Morgan fingerprint density at radius 3 is 1.34 bits per heavy atom. The lowest BCUT2D eigenvalue weighted by Crippen LogP contribution is -2.40. The van der Waals surface area contributed by atoms with Gasteiger partial charge in [0.1, 0.15) is 0 Å². The smallest absolute Gasteiger partial charge is 0.0719 e. The molecule has 1 heteroatoms. The highest BCUT2D eigenvalue weighted by Gasteiger charge is 2.53. The van der Waals surface area contributed by atoms with Crippen molar-refractivity contribution in [3.8, 4) is 67.0 Å². The summed E-state index contributed by atoms with van der Waals surface area (Å²) in [6, 6.07) is 77.9. The first-order valence-electron chi connectivity index (χ1n) is 20.3. The molecule has 1 spiro atoms. The van der Waals surface area contributed by atoms with Crippen LogP contribution in [0, 0.1) is 0 Å². The zero-order valence-corrected chi connectivity index (χ0v) is 32.7. The quantitative estimate of drug-likeness (QED) is 0.171. The van der Waals surface area contributed by atoms with E-state index in [0.717, 1.165) is 28.1 Å². The van der Waals surface area contributed by atoms with E-state index >= 15 is 0 Å². The molecule has 8 aromatic carbocycles. The van der Waals surface area contributed by atoms with Gasteiger partial charge in [-0.15, -0.1) is 0 Å². The second-order valence-corrected chi connectivity index (χ2v) is 16.3. The van der Waals surface area contributed by atoms with Crippen molar-refractivity contribution in [2.75, 3.05) is 0 Å². The van der Waals surface area contributed by atoms with Gasteiger partial charge in [-0.1, -0.05) is 202 Å². The summed E-state index contributed by atoms with van der Waals surface area (Å²) in [7, 11) is 0. The third-order valence-electron chi connectivity index (χ3n) is 12.8. The van der Waals surface area contributed by atoms with Crippen molar-refractivity contribution >= 4 is 0 Å². The molecule has 0 unspecified atom stereocenters. The zero-order chi connectivity index (χ0) is 38.8. The summed E-state index contributed by atoms with van der Waals surface area (Å²) >= 11 is 0. The normalized spacial score (nSPS) is 14.0. The first-order chi connectivity index (χ1) is 28.5. The molecule has 2 aliphatic rings. The van der Waals surface area contributed by atoms with Crippen molar-refractivity contribution in [1.29, 1.82) is 0 Å². The van der Waals surface area contributed by atoms with Gasteiger partial charge in [-0.25, -0.2) is 4.98 Å². The molecule has 274 valence electrons. The van der Waals surface area contributed by atoms with E-state index in [2.05, 4.69) is 226 Å². The highest BCUT2D eigenvalue weighted by atomic mass is 14.7. The Morgan fingerprint density at radius 2 is 0.707 bits per heavy atom. The summed E-state index contributed by atoms with van der Waals surface area (Å²) in [5.41, 5.74) is 21.6. The Hall–Kier alpha value is -7.09. The molecule has 1 nitrogen and oxygen atoms in total. The van der Waals surface area contributed by atoms with Gasteiger partial charge < -0.3 is 0 Å². The molecular formula is C57H41N. The molecule has 0 N–H and O–H groups in total. The van der Waals surface area contributed by atoms with E-state index in [1.807, 2.05) is 0 Å². The number of benzene rings is 8. The highest BCUT2D eigenvalue weighted by Crippen LogP contribution is 2.62. The minimum absolute atomic E-state index is 0.119. The fraction of sp³-hybridized carbons (Fsp3) is 0.0702. The number of rotatable bonds is 5. The minimum atomic E-state index is -0.406. The summed E-state index contributed by atoms with van der Waals surface area (Å²) < 4.78 is 0. The second-order valence-electron chi connectivity index (χ2n) is 16.3. The van der Waals surface area contributed by atoms with E-state index in [0.29, 0.717) is 0 Å². The summed E-state index contributed by atoms with van der Waals surface area (Å²) in [6.45, 7) is 4.76. The average molecular weight is 740 g/mol. The monoisotopic (exact) mass is 739 g/mol. The van der Waals surface area contributed by atoms with Crippen LogP contribution in [0.25, 0.3) is 67.0 Å². The number of nitrogens with zero attached hydrogens (tertiary/aromatic N) is 1. The van der Waals surface area contributed by atoms with Crippen molar-refractivity contribution in [3.63, 3.8) is 0 Å². The van der Waals surface area contributed by atoms with Crippen LogP contribution < -0.4 is 0 Å². The maximum absolute atomic E-state index is 5.20. The Labute approximate surface area is 341 Å². The number of hydrogen-bond acceptors (Lipinski definition) is 1. The maximum atomic E-state index is 5.20. The van der Waals surface area contributed by atoms with E-state index < -0.39 is 5.41 Å². The summed E-state index contributed by atoms with van der Waals surface area (Å²) in [6.07, 6.45) is 0. The molecule has 58 heavy (non-hydrogen) atoms. The molecule has 1 aromatic heterocycles. The zero-order valence-electron chi connectivity index (χ0n) is 32.7. The predicted molar refractivity (Wildman–Crippen MR) is 241 cm³/mol. The van der Waals surface area contributed by atoms with Crippen LogP contribution in [0.4, 0.5) is 0 Å². The third kappa shape index (κ3) is 5.20. The van der Waals surface area contributed by atoms with Gasteiger partial charge in [0, 0.05) is 16.5 Å². The molecule has 9 aromatic rings. The van der Waals surface area contributed by atoms with E-state index in [9.17, 15) is 0 Å². The Bertz CT molecular complexity index is 2900. The standard InChI is InChI=1S/C57H41N/c1-56(2)49-24-11-13-26-51(49)57(52-27-14-12-25-50(52)56)48-23-10-9-22-46(48)47-33-32-43(35-53(47)57)40-30-28-39(29-31-40)42-20-15-21-44(34-42)55-37-45(38-16-5-3-6-17-38)36-54(58-55)41-18-7-4-8-19-41/h3-37H,1-2H3. The Kier molecular flexibility index (Phi) is 7.81. The molecule has 0 saturated carbocycles. The van der Waals surface area contributed by atoms with Gasteiger partial charge in [0.25, 0.3) is 0 Å². The third-order valence-corrected chi connectivity index (χ3v) is 12.8. The van der Waals surface area contributed by atoms with Crippen molar-refractivity contribution < 1.29 is 0 Å². The number of fused-ring (bicyclic) bond motifs is 9. The molecule has 0 atom stereocenters. The first-order valence-corrected chi connectivity index (χ1v) is 20.3. The van der Waals surface area contributed by atoms with Gasteiger partial charge in [0.05, 0.1) is 16.8 Å². The van der Waals surface area contributed by atoms with Crippen LogP contribution in [0.15, 0.2) is 212 Å². The molecule has 0 saturated heterocycles. The molecule has 0 bridgehead atoms. The fourth-order valence-corrected chi connectivity index (χ4v) is 9.99. The molecule has 0 radical (unpaired) electrons. The lowest BCUT2D eigenvalue weighted by molar-refractivity contribution is 0.563. The molecule has 0 amide bonds. The topological polar surface area (TPSA) is 12.9 Å².